The van der Waals surface area contributed by atoms with Crippen LogP contribution in [0.4, 0.5) is 0 Å². The fourth-order valence-electron chi connectivity index (χ4n) is 1.96. The van der Waals surface area contributed by atoms with E-state index in [4.69, 9.17) is 15.2 Å². The topological polar surface area (TPSA) is 44.5 Å². The van der Waals surface area contributed by atoms with Crippen LogP contribution >= 0.6 is 0 Å². The Hall–Kier alpha value is -0.900. The van der Waals surface area contributed by atoms with Gasteiger partial charge in [-0.1, -0.05) is 45.0 Å². The maximum absolute atomic E-state index is 6.04. The SMILES string of the molecule is COC(OC)C(N)Cc1ccc(C(C)(C)C)cc1. The predicted molar refractivity (Wildman–Crippen MR) is 74.6 cm³/mol. The lowest BCUT2D eigenvalue weighted by Gasteiger charge is -2.22. The van der Waals surface area contributed by atoms with Crippen LogP contribution in [0.5, 0.6) is 0 Å². The minimum absolute atomic E-state index is 0.152. The number of methoxy groups -OCH3 is 2. The van der Waals surface area contributed by atoms with Crippen LogP contribution < -0.4 is 5.73 Å². The van der Waals surface area contributed by atoms with E-state index in [1.807, 2.05) is 0 Å². The third-order valence-corrected chi connectivity index (χ3v) is 3.11. The fraction of sp³-hybridized carbons (Fsp3) is 0.600. The Balaban J connectivity index is 2.69. The van der Waals surface area contributed by atoms with Gasteiger partial charge in [-0.25, -0.2) is 0 Å². The van der Waals surface area contributed by atoms with Crippen LogP contribution in [0.3, 0.4) is 0 Å². The highest BCUT2D eigenvalue weighted by Crippen LogP contribution is 2.22. The Kier molecular flexibility index (Phi) is 5.32. The maximum Gasteiger partial charge on any atom is 0.172 e. The van der Waals surface area contributed by atoms with Crippen LogP contribution in [0, 0.1) is 0 Å². The van der Waals surface area contributed by atoms with E-state index in [1.165, 1.54) is 11.1 Å². The second-order valence-electron chi connectivity index (χ2n) is 5.65. The zero-order valence-electron chi connectivity index (χ0n) is 12.1. The number of hydrogen-bond acceptors (Lipinski definition) is 3. The van der Waals surface area contributed by atoms with Crippen LogP contribution in [-0.4, -0.2) is 26.6 Å². The number of nitrogens with two attached hydrogens (primary N) is 1. The zero-order valence-corrected chi connectivity index (χ0v) is 12.1. The molecule has 1 unspecified atom stereocenters. The van der Waals surface area contributed by atoms with Crippen molar-refractivity contribution in [2.75, 3.05) is 14.2 Å². The molecule has 0 radical (unpaired) electrons. The van der Waals surface area contributed by atoms with Gasteiger partial charge >= 0.3 is 0 Å². The monoisotopic (exact) mass is 251 g/mol. The molecule has 3 heteroatoms. The molecule has 102 valence electrons. The first-order valence-electron chi connectivity index (χ1n) is 6.29. The van der Waals surface area contributed by atoms with Crippen molar-refractivity contribution < 1.29 is 9.47 Å². The van der Waals surface area contributed by atoms with Crippen LogP contribution in [0.1, 0.15) is 31.9 Å². The number of benzene rings is 1. The summed E-state index contributed by atoms with van der Waals surface area (Å²) in [4.78, 5) is 0. The lowest BCUT2D eigenvalue weighted by atomic mass is 9.86. The van der Waals surface area contributed by atoms with Crippen LogP contribution in [0.2, 0.25) is 0 Å². The molecule has 18 heavy (non-hydrogen) atoms. The molecular formula is C15H25NO2. The summed E-state index contributed by atoms with van der Waals surface area (Å²) in [5, 5.41) is 0. The van der Waals surface area contributed by atoms with Crippen molar-refractivity contribution in [2.45, 2.75) is 44.9 Å². The first-order chi connectivity index (χ1) is 8.38. The van der Waals surface area contributed by atoms with E-state index in [2.05, 4.69) is 45.0 Å². The quantitative estimate of drug-likeness (QED) is 0.818. The smallest absolute Gasteiger partial charge is 0.172 e. The van der Waals surface area contributed by atoms with Gasteiger partial charge < -0.3 is 15.2 Å². The van der Waals surface area contributed by atoms with Crippen LogP contribution in [0.25, 0.3) is 0 Å². The summed E-state index contributed by atoms with van der Waals surface area (Å²) >= 11 is 0. The van der Waals surface area contributed by atoms with E-state index in [-0.39, 0.29) is 17.7 Å². The normalized spacial score (nSPS) is 13.9. The van der Waals surface area contributed by atoms with Crippen molar-refractivity contribution in [3.63, 3.8) is 0 Å². The van der Waals surface area contributed by atoms with Crippen molar-refractivity contribution in [2.24, 2.45) is 5.73 Å². The van der Waals surface area contributed by atoms with Gasteiger partial charge in [0, 0.05) is 14.2 Å². The van der Waals surface area contributed by atoms with Gasteiger partial charge in [0.1, 0.15) is 0 Å². The molecule has 0 heterocycles. The highest BCUT2D eigenvalue weighted by molar-refractivity contribution is 5.28. The van der Waals surface area contributed by atoms with Crippen molar-refractivity contribution in [1.29, 1.82) is 0 Å². The molecular weight excluding hydrogens is 226 g/mol. The highest BCUT2D eigenvalue weighted by atomic mass is 16.7. The van der Waals surface area contributed by atoms with E-state index < -0.39 is 0 Å². The van der Waals surface area contributed by atoms with Gasteiger partial charge in [0.15, 0.2) is 6.29 Å². The summed E-state index contributed by atoms with van der Waals surface area (Å²) < 4.78 is 10.3. The second-order valence-corrected chi connectivity index (χ2v) is 5.65. The summed E-state index contributed by atoms with van der Waals surface area (Å²) in [7, 11) is 3.22. The van der Waals surface area contributed by atoms with Gasteiger partial charge in [0.2, 0.25) is 0 Å². The summed E-state index contributed by atoms with van der Waals surface area (Å²) in [6, 6.07) is 8.43. The van der Waals surface area contributed by atoms with Gasteiger partial charge in [-0.3, -0.25) is 0 Å². The lowest BCUT2D eigenvalue weighted by molar-refractivity contribution is -0.115. The molecule has 1 rings (SSSR count). The van der Waals surface area contributed by atoms with Gasteiger partial charge in [0.05, 0.1) is 6.04 Å². The Morgan fingerprint density at radius 1 is 1.06 bits per heavy atom. The Labute approximate surface area is 110 Å². The number of rotatable bonds is 5. The molecule has 0 aliphatic heterocycles. The molecule has 1 aromatic carbocycles. The van der Waals surface area contributed by atoms with E-state index >= 15 is 0 Å². The van der Waals surface area contributed by atoms with Crippen molar-refractivity contribution in [1.82, 2.24) is 0 Å². The summed E-state index contributed by atoms with van der Waals surface area (Å²) in [6.07, 6.45) is 0.392. The average molecular weight is 251 g/mol. The molecule has 0 fully saturated rings. The minimum Gasteiger partial charge on any atom is -0.354 e. The molecule has 0 spiro atoms. The van der Waals surface area contributed by atoms with Gasteiger partial charge in [0.25, 0.3) is 0 Å². The number of hydrogen-bond donors (Lipinski definition) is 1. The Morgan fingerprint density at radius 2 is 1.56 bits per heavy atom. The van der Waals surface area contributed by atoms with E-state index in [9.17, 15) is 0 Å². The molecule has 0 aromatic heterocycles. The third-order valence-electron chi connectivity index (χ3n) is 3.11. The van der Waals surface area contributed by atoms with E-state index in [1.54, 1.807) is 14.2 Å². The highest BCUT2D eigenvalue weighted by Gasteiger charge is 2.17. The molecule has 3 nitrogen and oxygen atoms in total. The zero-order chi connectivity index (χ0) is 13.8. The van der Waals surface area contributed by atoms with Crippen LogP contribution in [0.15, 0.2) is 24.3 Å². The largest absolute Gasteiger partial charge is 0.354 e. The molecule has 2 N–H and O–H groups in total. The molecule has 0 aliphatic rings. The predicted octanol–water partition coefficient (Wildman–Crippen LogP) is 2.47. The van der Waals surface area contributed by atoms with E-state index in [0.717, 1.165) is 6.42 Å². The average Bonchev–Trinajstić information content (AvgIpc) is 2.30. The fourth-order valence-corrected chi connectivity index (χ4v) is 1.96. The minimum atomic E-state index is -0.354. The Bertz CT molecular complexity index is 350. The second kappa shape index (κ2) is 6.32. The summed E-state index contributed by atoms with van der Waals surface area (Å²) in [5.74, 6) is 0. The molecule has 0 saturated carbocycles. The molecule has 0 bridgehead atoms. The molecule has 1 aromatic rings. The van der Waals surface area contributed by atoms with Gasteiger partial charge in [-0.15, -0.1) is 0 Å². The maximum atomic E-state index is 6.04. The van der Waals surface area contributed by atoms with Crippen molar-refractivity contribution in [3.05, 3.63) is 35.4 Å². The van der Waals surface area contributed by atoms with E-state index in [0.29, 0.717) is 0 Å². The van der Waals surface area contributed by atoms with Crippen molar-refractivity contribution in [3.8, 4) is 0 Å². The third kappa shape index (κ3) is 4.09. The standard InChI is InChI=1S/C15H25NO2/c1-15(2,3)12-8-6-11(7-9-12)10-13(16)14(17-4)18-5/h6-9,13-14H,10,16H2,1-5H3. The summed E-state index contributed by atoms with van der Waals surface area (Å²) in [6.45, 7) is 6.62. The van der Waals surface area contributed by atoms with Crippen LogP contribution in [-0.2, 0) is 21.3 Å². The van der Waals surface area contributed by atoms with Gasteiger partial charge in [-0.05, 0) is 23.0 Å². The molecule has 1 atom stereocenters. The van der Waals surface area contributed by atoms with Crippen molar-refractivity contribution >= 4 is 0 Å². The molecule has 0 saturated heterocycles. The van der Waals surface area contributed by atoms with Gasteiger partial charge in [-0.2, -0.15) is 0 Å². The lowest BCUT2D eigenvalue weighted by Crippen LogP contribution is -2.39. The number of ether oxygens (including phenoxy) is 2. The Morgan fingerprint density at radius 3 is 1.94 bits per heavy atom. The molecule has 0 aliphatic carbocycles. The summed E-state index contributed by atoms with van der Waals surface area (Å²) in [5.41, 5.74) is 8.76. The first kappa shape index (κ1) is 15.2. The first-order valence-corrected chi connectivity index (χ1v) is 6.29. The molecule has 0 amide bonds.